The Morgan fingerprint density at radius 3 is 2.58 bits per heavy atom. The second-order valence-corrected chi connectivity index (χ2v) is 6.66. The maximum Gasteiger partial charge on any atom is 0.240 e. The first-order valence-electron chi connectivity index (χ1n) is 6.91. The van der Waals surface area contributed by atoms with Crippen LogP contribution in [-0.2, 0) is 22.9 Å². The van der Waals surface area contributed by atoms with Crippen LogP contribution in [0.3, 0.4) is 0 Å². The Morgan fingerprint density at radius 1 is 1.26 bits per heavy atom. The fraction of sp³-hybridized carbons (Fsp3) is 0.571. The molecule has 2 rings (SSSR count). The van der Waals surface area contributed by atoms with Crippen molar-refractivity contribution in [1.82, 2.24) is 10.0 Å². The molecule has 0 amide bonds. The van der Waals surface area contributed by atoms with E-state index in [9.17, 15) is 8.42 Å². The summed E-state index contributed by atoms with van der Waals surface area (Å²) in [5.41, 5.74) is 2.35. The van der Waals surface area contributed by atoms with Gasteiger partial charge in [0.2, 0.25) is 10.0 Å². The largest absolute Gasteiger partial charge is 0.315 e. The highest BCUT2D eigenvalue weighted by Gasteiger charge is 2.23. The van der Waals surface area contributed by atoms with E-state index in [2.05, 4.69) is 23.9 Å². The molecule has 0 aliphatic carbocycles. The van der Waals surface area contributed by atoms with E-state index < -0.39 is 10.0 Å². The Labute approximate surface area is 115 Å². The molecule has 1 fully saturated rings. The van der Waals surface area contributed by atoms with Crippen LogP contribution in [0.2, 0.25) is 0 Å². The number of nitrogens with one attached hydrogen (secondary N) is 2. The Kier molecular flexibility index (Phi) is 4.60. The smallest absolute Gasteiger partial charge is 0.240 e. The van der Waals surface area contributed by atoms with E-state index in [-0.39, 0.29) is 6.04 Å². The zero-order valence-electron chi connectivity index (χ0n) is 11.6. The molecule has 19 heavy (non-hydrogen) atoms. The van der Waals surface area contributed by atoms with Gasteiger partial charge in [0.1, 0.15) is 0 Å². The van der Waals surface area contributed by atoms with Crippen molar-refractivity contribution in [2.24, 2.45) is 0 Å². The van der Waals surface area contributed by atoms with Crippen molar-refractivity contribution in [3.05, 3.63) is 29.3 Å². The Balaban J connectivity index is 2.24. The van der Waals surface area contributed by atoms with E-state index in [1.54, 1.807) is 6.07 Å². The normalized spacial score (nSPS) is 19.8. The molecular weight excluding hydrogens is 260 g/mol. The van der Waals surface area contributed by atoms with Gasteiger partial charge in [-0.2, -0.15) is 0 Å². The molecular formula is C14H22N2O2S. The highest BCUT2D eigenvalue weighted by molar-refractivity contribution is 7.89. The summed E-state index contributed by atoms with van der Waals surface area (Å²) < 4.78 is 27.4. The zero-order valence-corrected chi connectivity index (χ0v) is 12.4. The Morgan fingerprint density at radius 2 is 2.00 bits per heavy atom. The number of benzene rings is 1. The van der Waals surface area contributed by atoms with Crippen LogP contribution in [0.1, 0.15) is 31.4 Å². The number of aryl methyl sites for hydroxylation is 2. The van der Waals surface area contributed by atoms with Crippen LogP contribution >= 0.6 is 0 Å². The third-order valence-corrected chi connectivity index (χ3v) is 5.15. The highest BCUT2D eigenvalue weighted by Crippen LogP contribution is 2.18. The van der Waals surface area contributed by atoms with Crippen molar-refractivity contribution < 1.29 is 8.42 Å². The predicted octanol–water partition coefficient (Wildman–Crippen LogP) is 1.45. The van der Waals surface area contributed by atoms with Gasteiger partial charge in [-0.15, -0.1) is 0 Å². The molecule has 0 bridgehead atoms. The van der Waals surface area contributed by atoms with Gasteiger partial charge < -0.3 is 5.32 Å². The molecule has 1 aliphatic heterocycles. The van der Waals surface area contributed by atoms with E-state index in [4.69, 9.17) is 0 Å². The Bertz CT molecular complexity index is 534. The standard InChI is InChI=1S/C14H22N2O2S/c1-3-11-5-6-14(9-12(11)4-2)19(17,18)16-13-7-8-15-10-13/h5-6,9,13,15-16H,3-4,7-8,10H2,1-2H3. The lowest BCUT2D eigenvalue weighted by atomic mass is 10.0. The van der Waals surface area contributed by atoms with E-state index in [0.717, 1.165) is 31.4 Å². The molecule has 0 aromatic heterocycles. The first kappa shape index (κ1) is 14.5. The van der Waals surface area contributed by atoms with Crippen LogP contribution in [0.15, 0.2) is 23.1 Å². The lowest BCUT2D eigenvalue weighted by Gasteiger charge is -2.14. The van der Waals surface area contributed by atoms with E-state index in [0.29, 0.717) is 11.4 Å². The summed E-state index contributed by atoms with van der Waals surface area (Å²) in [5.74, 6) is 0. The first-order chi connectivity index (χ1) is 9.06. The topological polar surface area (TPSA) is 58.2 Å². The van der Waals surface area contributed by atoms with Crippen LogP contribution in [-0.4, -0.2) is 27.5 Å². The fourth-order valence-corrected chi connectivity index (χ4v) is 3.81. The maximum absolute atomic E-state index is 12.3. The summed E-state index contributed by atoms with van der Waals surface area (Å²) in [7, 11) is -3.39. The zero-order chi connectivity index (χ0) is 13.9. The highest BCUT2D eigenvalue weighted by atomic mass is 32.2. The SMILES string of the molecule is CCc1ccc(S(=O)(=O)NC2CCNC2)cc1CC. The van der Waals surface area contributed by atoms with Gasteiger partial charge in [-0.1, -0.05) is 19.9 Å². The molecule has 1 heterocycles. The molecule has 1 aliphatic rings. The second kappa shape index (κ2) is 6.03. The maximum atomic E-state index is 12.3. The molecule has 0 spiro atoms. The van der Waals surface area contributed by atoms with Gasteiger partial charge in [-0.25, -0.2) is 13.1 Å². The van der Waals surface area contributed by atoms with Crippen molar-refractivity contribution in [1.29, 1.82) is 0 Å². The van der Waals surface area contributed by atoms with Crippen LogP contribution in [0.25, 0.3) is 0 Å². The van der Waals surface area contributed by atoms with Crippen LogP contribution in [0, 0.1) is 0 Å². The minimum atomic E-state index is -3.39. The average molecular weight is 282 g/mol. The number of sulfonamides is 1. The van der Waals surface area contributed by atoms with Gasteiger partial charge in [-0.05, 0) is 49.1 Å². The molecule has 0 saturated carbocycles. The van der Waals surface area contributed by atoms with Gasteiger partial charge in [0, 0.05) is 12.6 Å². The second-order valence-electron chi connectivity index (χ2n) is 4.95. The van der Waals surface area contributed by atoms with Gasteiger partial charge in [-0.3, -0.25) is 0 Å². The lowest BCUT2D eigenvalue weighted by molar-refractivity contribution is 0.560. The van der Waals surface area contributed by atoms with Gasteiger partial charge in [0.15, 0.2) is 0 Å². The Hall–Kier alpha value is -0.910. The van der Waals surface area contributed by atoms with Gasteiger partial charge in [0.05, 0.1) is 4.90 Å². The number of rotatable bonds is 5. The molecule has 1 aromatic carbocycles. The summed E-state index contributed by atoms with van der Waals surface area (Å²) in [6, 6.07) is 5.47. The number of hydrogen-bond donors (Lipinski definition) is 2. The predicted molar refractivity (Wildman–Crippen MR) is 76.8 cm³/mol. The monoisotopic (exact) mass is 282 g/mol. The van der Waals surface area contributed by atoms with E-state index in [1.165, 1.54) is 5.56 Å². The van der Waals surface area contributed by atoms with E-state index in [1.807, 2.05) is 12.1 Å². The minimum absolute atomic E-state index is 0.0147. The van der Waals surface area contributed by atoms with Crippen molar-refractivity contribution in [2.45, 2.75) is 44.0 Å². The lowest BCUT2D eigenvalue weighted by Crippen LogP contribution is -2.36. The number of hydrogen-bond acceptors (Lipinski definition) is 3. The van der Waals surface area contributed by atoms with Gasteiger partial charge in [0.25, 0.3) is 0 Å². The summed E-state index contributed by atoms with van der Waals surface area (Å²) in [6.07, 6.45) is 2.65. The quantitative estimate of drug-likeness (QED) is 0.859. The molecule has 2 N–H and O–H groups in total. The fourth-order valence-electron chi connectivity index (χ4n) is 2.49. The third kappa shape index (κ3) is 3.35. The molecule has 1 aromatic rings. The molecule has 106 valence electrons. The van der Waals surface area contributed by atoms with Gasteiger partial charge >= 0.3 is 0 Å². The van der Waals surface area contributed by atoms with Crippen molar-refractivity contribution in [2.75, 3.05) is 13.1 Å². The van der Waals surface area contributed by atoms with E-state index >= 15 is 0 Å². The molecule has 5 heteroatoms. The summed E-state index contributed by atoms with van der Waals surface area (Å²) >= 11 is 0. The third-order valence-electron chi connectivity index (χ3n) is 3.63. The molecule has 1 atom stereocenters. The average Bonchev–Trinajstić information content (AvgIpc) is 2.89. The van der Waals surface area contributed by atoms with Crippen LogP contribution < -0.4 is 10.0 Å². The molecule has 4 nitrogen and oxygen atoms in total. The summed E-state index contributed by atoms with van der Waals surface area (Å²) in [4.78, 5) is 0.383. The molecule has 0 radical (unpaired) electrons. The summed E-state index contributed by atoms with van der Waals surface area (Å²) in [6.45, 7) is 5.74. The molecule has 1 unspecified atom stereocenters. The molecule has 1 saturated heterocycles. The van der Waals surface area contributed by atoms with Crippen molar-refractivity contribution in [3.8, 4) is 0 Å². The minimum Gasteiger partial charge on any atom is -0.315 e. The van der Waals surface area contributed by atoms with Crippen LogP contribution in [0.5, 0.6) is 0 Å². The first-order valence-corrected chi connectivity index (χ1v) is 8.40. The van der Waals surface area contributed by atoms with Crippen LogP contribution in [0.4, 0.5) is 0 Å². The van der Waals surface area contributed by atoms with Crippen molar-refractivity contribution >= 4 is 10.0 Å². The van der Waals surface area contributed by atoms with Crippen molar-refractivity contribution in [3.63, 3.8) is 0 Å². The summed E-state index contributed by atoms with van der Waals surface area (Å²) in [5, 5.41) is 3.16.